The van der Waals surface area contributed by atoms with E-state index in [0.717, 1.165) is 16.7 Å². The molecule has 0 radical (unpaired) electrons. The van der Waals surface area contributed by atoms with Crippen molar-refractivity contribution in [3.05, 3.63) is 66.4 Å². The number of aryl methyl sites for hydroxylation is 1. The van der Waals surface area contributed by atoms with Gasteiger partial charge in [0.2, 0.25) is 5.88 Å². The summed E-state index contributed by atoms with van der Waals surface area (Å²) in [5, 5.41) is 4.54. The van der Waals surface area contributed by atoms with Crippen LogP contribution in [0.1, 0.15) is 18.1 Å². The highest BCUT2D eigenvalue weighted by Gasteiger charge is 2.19. The molecule has 0 spiro atoms. The average Bonchev–Trinajstić information content (AvgIpc) is 3.05. The van der Waals surface area contributed by atoms with Crippen LogP contribution in [0, 0.1) is 6.92 Å². The van der Waals surface area contributed by atoms with Gasteiger partial charge in [0.25, 0.3) is 0 Å². The molecule has 0 aliphatic heterocycles. The molecule has 0 amide bonds. The molecule has 2 heterocycles. The van der Waals surface area contributed by atoms with Gasteiger partial charge in [0, 0.05) is 17.8 Å². The smallest absolute Gasteiger partial charge is 0.310 e. The standard InChI is InChI=1S/C19H19N3O3S/c1-4-15-10-9-14(3)16(12-15)17-13-19(25-26(23,24)5-2)22(21-17)18-8-6-7-11-20-18/h4,6-13H,1,5H2,2-3H3. The van der Waals surface area contributed by atoms with E-state index in [1.807, 2.05) is 25.1 Å². The maximum atomic E-state index is 12.0. The normalized spacial score (nSPS) is 11.3. The molecule has 0 bridgehead atoms. The molecule has 0 aliphatic carbocycles. The van der Waals surface area contributed by atoms with Gasteiger partial charge in [0.1, 0.15) is 0 Å². The quantitative estimate of drug-likeness (QED) is 0.621. The number of aromatic nitrogens is 3. The van der Waals surface area contributed by atoms with Crippen molar-refractivity contribution < 1.29 is 12.6 Å². The molecule has 3 rings (SSSR count). The summed E-state index contributed by atoms with van der Waals surface area (Å²) in [6.45, 7) is 7.27. The van der Waals surface area contributed by atoms with Gasteiger partial charge in [-0.15, -0.1) is 0 Å². The fourth-order valence-electron chi connectivity index (χ4n) is 2.43. The first-order valence-electron chi connectivity index (χ1n) is 8.10. The Morgan fingerprint density at radius 1 is 1.23 bits per heavy atom. The second-order valence-corrected chi connectivity index (χ2v) is 7.54. The lowest BCUT2D eigenvalue weighted by molar-refractivity contribution is 0.465. The van der Waals surface area contributed by atoms with E-state index >= 15 is 0 Å². The highest BCUT2D eigenvalue weighted by Crippen LogP contribution is 2.29. The molecule has 0 unspecified atom stereocenters. The lowest BCUT2D eigenvalue weighted by Crippen LogP contribution is -2.14. The molecular weight excluding hydrogens is 350 g/mol. The largest absolute Gasteiger partial charge is 0.361 e. The molecule has 2 aromatic heterocycles. The van der Waals surface area contributed by atoms with Crippen molar-refractivity contribution in [2.75, 3.05) is 5.75 Å². The third-order valence-electron chi connectivity index (χ3n) is 3.88. The van der Waals surface area contributed by atoms with Gasteiger partial charge in [0.05, 0.1) is 11.4 Å². The Balaban J connectivity index is 2.17. The predicted molar refractivity (Wildman–Crippen MR) is 102 cm³/mol. The van der Waals surface area contributed by atoms with Crippen LogP contribution < -0.4 is 4.18 Å². The van der Waals surface area contributed by atoms with Crippen LogP contribution in [0.4, 0.5) is 0 Å². The van der Waals surface area contributed by atoms with Gasteiger partial charge in [-0.3, -0.25) is 0 Å². The van der Waals surface area contributed by atoms with E-state index in [-0.39, 0.29) is 11.6 Å². The molecule has 0 N–H and O–H groups in total. The second-order valence-electron chi connectivity index (χ2n) is 5.68. The highest BCUT2D eigenvalue weighted by molar-refractivity contribution is 7.87. The first kappa shape index (κ1) is 17.9. The van der Waals surface area contributed by atoms with E-state index in [1.54, 1.807) is 36.5 Å². The lowest BCUT2D eigenvalue weighted by Gasteiger charge is -2.07. The number of benzene rings is 1. The van der Waals surface area contributed by atoms with E-state index in [9.17, 15) is 8.42 Å². The summed E-state index contributed by atoms with van der Waals surface area (Å²) < 4.78 is 30.6. The molecule has 6 nitrogen and oxygen atoms in total. The van der Waals surface area contributed by atoms with Crippen LogP contribution in [-0.4, -0.2) is 28.9 Å². The third-order valence-corrected chi connectivity index (χ3v) is 5.01. The van der Waals surface area contributed by atoms with Gasteiger partial charge >= 0.3 is 10.1 Å². The minimum Gasteiger partial charge on any atom is -0.361 e. The molecule has 1 aromatic carbocycles. The van der Waals surface area contributed by atoms with Crippen molar-refractivity contribution in [1.82, 2.24) is 14.8 Å². The fraction of sp³-hybridized carbons (Fsp3) is 0.158. The Kier molecular flexibility index (Phi) is 4.90. The van der Waals surface area contributed by atoms with Crippen molar-refractivity contribution in [2.24, 2.45) is 0 Å². The van der Waals surface area contributed by atoms with Crippen molar-refractivity contribution in [3.63, 3.8) is 0 Å². The van der Waals surface area contributed by atoms with Crippen molar-refractivity contribution in [1.29, 1.82) is 0 Å². The Morgan fingerprint density at radius 3 is 2.69 bits per heavy atom. The van der Waals surface area contributed by atoms with Crippen LogP contribution in [-0.2, 0) is 10.1 Å². The van der Waals surface area contributed by atoms with Crippen molar-refractivity contribution in [3.8, 4) is 23.0 Å². The van der Waals surface area contributed by atoms with E-state index < -0.39 is 10.1 Å². The second kappa shape index (κ2) is 7.13. The van der Waals surface area contributed by atoms with Crippen LogP contribution in [0.15, 0.2) is 55.2 Å². The Morgan fingerprint density at radius 2 is 2.04 bits per heavy atom. The molecule has 0 saturated carbocycles. The average molecular weight is 369 g/mol. The van der Waals surface area contributed by atoms with Gasteiger partial charge in [-0.05, 0) is 43.2 Å². The third kappa shape index (κ3) is 3.67. The summed E-state index contributed by atoms with van der Waals surface area (Å²) in [5.41, 5.74) is 3.42. The summed E-state index contributed by atoms with van der Waals surface area (Å²) >= 11 is 0. The van der Waals surface area contributed by atoms with E-state index in [1.165, 1.54) is 11.6 Å². The number of hydrogen-bond donors (Lipinski definition) is 0. The van der Waals surface area contributed by atoms with Gasteiger partial charge in [-0.25, -0.2) is 4.98 Å². The first-order valence-corrected chi connectivity index (χ1v) is 9.68. The van der Waals surface area contributed by atoms with Gasteiger partial charge in [0.15, 0.2) is 5.82 Å². The summed E-state index contributed by atoms with van der Waals surface area (Å²) in [6, 6.07) is 12.8. The topological polar surface area (TPSA) is 74.1 Å². The molecule has 134 valence electrons. The first-order chi connectivity index (χ1) is 12.4. The van der Waals surface area contributed by atoms with Crippen molar-refractivity contribution in [2.45, 2.75) is 13.8 Å². The summed E-state index contributed by atoms with van der Waals surface area (Å²) in [6.07, 6.45) is 3.36. The number of nitrogens with zero attached hydrogens (tertiary/aromatic N) is 3. The maximum absolute atomic E-state index is 12.0. The van der Waals surface area contributed by atoms with Crippen LogP contribution in [0.5, 0.6) is 5.88 Å². The van der Waals surface area contributed by atoms with Crippen molar-refractivity contribution >= 4 is 16.2 Å². The zero-order chi connectivity index (χ0) is 18.7. The molecule has 0 saturated heterocycles. The van der Waals surface area contributed by atoms with Crippen LogP contribution in [0.25, 0.3) is 23.2 Å². The molecule has 0 aliphatic rings. The Bertz CT molecular complexity index is 1040. The molecule has 3 aromatic rings. The summed E-state index contributed by atoms with van der Waals surface area (Å²) in [4.78, 5) is 4.24. The zero-order valence-electron chi connectivity index (χ0n) is 14.6. The van der Waals surface area contributed by atoms with Gasteiger partial charge < -0.3 is 4.18 Å². The zero-order valence-corrected chi connectivity index (χ0v) is 15.4. The Hall–Kier alpha value is -2.93. The maximum Gasteiger partial charge on any atom is 0.310 e. The fourth-order valence-corrected chi connectivity index (χ4v) is 2.93. The van der Waals surface area contributed by atoms with Crippen LogP contribution >= 0.6 is 0 Å². The number of rotatable bonds is 6. The molecule has 0 atom stereocenters. The lowest BCUT2D eigenvalue weighted by atomic mass is 10.0. The molecule has 7 heteroatoms. The van der Waals surface area contributed by atoms with Crippen LogP contribution in [0.3, 0.4) is 0 Å². The number of hydrogen-bond acceptors (Lipinski definition) is 5. The van der Waals surface area contributed by atoms with Gasteiger partial charge in [-0.2, -0.15) is 18.2 Å². The molecule has 0 fully saturated rings. The van der Waals surface area contributed by atoms with Crippen LogP contribution in [0.2, 0.25) is 0 Å². The SMILES string of the molecule is C=Cc1ccc(C)c(-c2cc(OS(=O)(=O)CC)n(-c3ccccn3)n2)c1. The van der Waals surface area contributed by atoms with E-state index in [2.05, 4.69) is 16.7 Å². The monoisotopic (exact) mass is 369 g/mol. The Labute approximate surface area is 152 Å². The van der Waals surface area contributed by atoms with Gasteiger partial charge in [-0.1, -0.05) is 30.9 Å². The van der Waals surface area contributed by atoms with E-state index in [0.29, 0.717) is 11.5 Å². The number of pyridine rings is 1. The minimum absolute atomic E-state index is 0.101. The highest BCUT2D eigenvalue weighted by atomic mass is 32.2. The predicted octanol–water partition coefficient (Wildman–Crippen LogP) is 3.61. The minimum atomic E-state index is -3.70. The summed E-state index contributed by atoms with van der Waals surface area (Å²) in [5.74, 6) is 0.433. The molecule has 26 heavy (non-hydrogen) atoms. The summed E-state index contributed by atoms with van der Waals surface area (Å²) in [7, 11) is -3.70. The van der Waals surface area contributed by atoms with E-state index in [4.69, 9.17) is 4.18 Å². The molecular formula is C19H19N3O3S.